The minimum absolute atomic E-state index is 0.630. The lowest BCUT2D eigenvalue weighted by molar-refractivity contribution is 0.213. The van der Waals surface area contributed by atoms with Crippen LogP contribution in [0.25, 0.3) is 0 Å². The lowest BCUT2D eigenvalue weighted by Crippen LogP contribution is -2.03. The molecule has 0 saturated carbocycles. The van der Waals surface area contributed by atoms with E-state index in [-0.39, 0.29) is 0 Å². The third kappa shape index (κ3) is 2.71. The number of rotatable bonds is 2. The third-order valence-corrected chi connectivity index (χ3v) is 4.94. The zero-order chi connectivity index (χ0) is 14.3. The molecule has 3 rings (SSSR count). The maximum Gasteiger partial charge on any atom is 0.128 e. The second-order valence-corrected chi connectivity index (χ2v) is 7.19. The summed E-state index contributed by atoms with van der Waals surface area (Å²) in [5, 5.41) is 11.3. The molecule has 0 saturated heterocycles. The molecule has 2 nitrogen and oxygen atoms in total. The number of benzene rings is 2. The lowest BCUT2D eigenvalue weighted by Gasteiger charge is -2.17. The average Bonchev–Trinajstić information content (AvgIpc) is 2.87. The summed E-state index contributed by atoms with van der Waals surface area (Å²) >= 11 is 11.9. The van der Waals surface area contributed by atoms with Gasteiger partial charge in [-0.1, -0.05) is 27.5 Å². The van der Waals surface area contributed by atoms with Gasteiger partial charge in [-0.2, -0.15) is 0 Å². The quantitative estimate of drug-likeness (QED) is 0.651. The van der Waals surface area contributed by atoms with Gasteiger partial charge in [0.25, 0.3) is 0 Å². The standard InChI is InChI=1S/C15H11BrClIO2/c16-13-2-1-10(18)7-11(13)14(19)12-6-9(17)5-8-3-4-20-15(8)12/h1-2,5-7,14,19H,3-4H2. The van der Waals surface area contributed by atoms with E-state index in [0.29, 0.717) is 11.6 Å². The van der Waals surface area contributed by atoms with E-state index in [2.05, 4.69) is 38.5 Å². The Hall–Kier alpha value is -0.300. The molecule has 0 aliphatic carbocycles. The summed E-state index contributed by atoms with van der Waals surface area (Å²) < 4.78 is 7.60. The van der Waals surface area contributed by atoms with Gasteiger partial charge in [0.15, 0.2) is 0 Å². The Labute approximate surface area is 144 Å². The molecule has 0 bridgehead atoms. The lowest BCUT2D eigenvalue weighted by atomic mass is 9.98. The molecule has 0 aromatic heterocycles. The predicted molar refractivity (Wildman–Crippen MR) is 91.6 cm³/mol. The van der Waals surface area contributed by atoms with Crippen LogP contribution >= 0.6 is 50.1 Å². The Morgan fingerprint density at radius 3 is 2.85 bits per heavy atom. The smallest absolute Gasteiger partial charge is 0.128 e. The number of halogens is 3. The minimum atomic E-state index is -0.760. The molecule has 1 unspecified atom stereocenters. The highest BCUT2D eigenvalue weighted by Crippen LogP contribution is 2.40. The van der Waals surface area contributed by atoms with E-state index in [0.717, 1.165) is 36.9 Å². The van der Waals surface area contributed by atoms with Crippen LogP contribution in [0.2, 0.25) is 5.02 Å². The highest BCUT2D eigenvalue weighted by atomic mass is 127. The summed E-state index contributed by atoms with van der Waals surface area (Å²) in [7, 11) is 0. The summed E-state index contributed by atoms with van der Waals surface area (Å²) in [6.07, 6.45) is 0.0768. The van der Waals surface area contributed by atoms with E-state index >= 15 is 0 Å². The maximum absolute atomic E-state index is 10.7. The van der Waals surface area contributed by atoms with Crippen molar-refractivity contribution in [1.82, 2.24) is 0 Å². The summed E-state index contributed by atoms with van der Waals surface area (Å²) in [5.74, 6) is 0.771. The van der Waals surface area contributed by atoms with Crippen molar-refractivity contribution in [2.45, 2.75) is 12.5 Å². The minimum Gasteiger partial charge on any atom is -0.493 e. The molecular formula is C15H11BrClIO2. The van der Waals surface area contributed by atoms with Crippen LogP contribution < -0.4 is 4.74 Å². The maximum atomic E-state index is 10.7. The van der Waals surface area contributed by atoms with Crippen LogP contribution in [0.4, 0.5) is 0 Å². The fraction of sp³-hybridized carbons (Fsp3) is 0.200. The Bertz CT molecular complexity index is 675. The molecule has 1 aliphatic rings. The van der Waals surface area contributed by atoms with Gasteiger partial charge < -0.3 is 9.84 Å². The molecule has 2 aromatic carbocycles. The molecule has 104 valence electrons. The topological polar surface area (TPSA) is 29.5 Å². The normalized spacial score (nSPS) is 14.8. The van der Waals surface area contributed by atoms with Crippen LogP contribution in [0.1, 0.15) is 22.8 Å². The Morgan fingerprint density at radius 1 is 1.25 bits per heavy atom. The van der Waals surface area contributed by atoms with Gasteiger partial charge in [-0.15, -0.1) is 0 Å². The van der Waals surface area contributed by atoms with Gasteiger partial charge in [0, 0.05) is 30.6 Å². The van der Waals surface area contributed by atoms with Gasteiger partial charge in [-0.05, 0) is 58.5 Å². The molecule has 20 heavy (non-hydrogen) atoms. The van der Waals surface area contributed by atoms with Crippen LogP contribution in [-0.2, 0) is 6.42 Å². The van der Waals surface area contributed by atoms with Gasteiger partial charge in [0.05, 0.1) is 6.61 Å². The molecule has 0 fully saturated rings. The first kappa shape index (κ1) is 14.6. The zero-order valence-electron chi connectivity index (χ0n) is 10.4. The van der Waals surface area contributed by atoms with Crippen molar-refractivity contribution in [2.24, 2.45) is 0 Å². The Morgan fingerprint density at radius 2 is 2.05 bits per heavy atom. The Balaban J connectivity index is 2.11. The number of fused-ring (bicyclic) bond motifs is 1. The van der Waals surface area contributed by atoms with Crippen LogP contribution in [0.5, 0.6) is 5.75 Å². The summed E-state index contributed by atoms with van der Waals surface area (Å²) in [6.45, 7) is 0.642. The molecule has 1 atom stereocenters. The summed E-state index contributed by atoms with van der Waals surface area (Å²) in [5.41, 5.74) is 2.61. The first-order valence-electron chi connectivity index (χ1n) is 6.14. The second kappa shape index (κ2) is 5.83. The third-order valence-electron chi connectivity index (χ3n) is 3.32. The summed E-state index contributed by atoms with van der Waals surface area (Å²) in [4.78, 5) is 0. The van der Waals surface area contributed by atoms with Crippen molar-refractivity contribution < 1.29 is 9.84 Å². The Kier molecular flexibility index (Phi) is 4.26. The molecule has 5 heteroatoms. The molecule has 2 aromatic rings. The van der Waals surface area contributed by atoms with E-state index in [1.807, 2.05) is 24.3 Å². The van der Waals surface area contributed by atoms with Crippen LogP contribution in [0.3, 0.4) is 0 Å². The van der Waals surface area contributed by atoms with Gasteiger partial charge in [-0.25, -0.2) is 0 Å². The van der Waals surface area contributed by atoms with Gasteiger partial charge in [0.2, 0.25) is 0 Å². The fourth-order valence-corrected chi connectivity index (χ4v) is 3.62. The monoisotopic (exact) mass is 464 g/mol. The average molecular weight is 466 g/mol. The number of hydrogen-bond acceptors (Lipinski definition) is 2. The fourth-order valence-electron chi connectivity index (χ4n) is 2.39. The van der Waals surface area contributed by atoms with Crippen molar-refractivity contribution in [3.05, 3.63) is 60.1 Å². The van der Waals surface area contributed by atoms with Crippen molar-refractivity contribution in [3.8, 4) is 5.75 Å². The first-order chi connectivity index (χ1) is 9.56. The van der Waals surface area contributed by atoms with Gasteiger partial charge in [0.1, 0.15) is 11.9 Å². The molecule has 1 aliphatic heterocycles. The van der Waals surface area contributed by atoms with E-state index in [1.165, 1.54) is 0 Å². The predicted octanol–water partition coefficient (Wildman–Crippen LogP) is 4.72. The summed E-state index contributed by atoms with van der Waals surface area (Å²) in [6, 6.07) is 9.57. The molecule has 1 N–H and O–H groups in total. The van der Waals surface area contributed by atoms with E-state index in [4.69, 9.17) is 16.3 Å². The first-order valence-corrected chi connectivity index (χ1v) is 8.39. The van der Waals surface area contributed by atoms with Crippen LogP contribution in [0.15, 0.2) is 34.8 Å². The number of aliphatic hydroxyl groups excluding tert-OH is 1. The van der Waals surface area contributed by atoms with Crippen molar-refractivity contribution in [2.75, 3.05) is 6.61 Å². The van der Waals surface area contributed by atoms with Crippen molar-refractivity contribution in [3.63, 3.8) is 0 Å². The molecule has 0 amide bonds. The van der Waals surface area contributed by atoms with E-state index in [9.17, 15) is 5.11 Å². The van der Waals surface area contributed by atoms with Crippen LogP contribution in [0, 0.1) is 3.57 Å². The van der Waals surface area contributed by atoms with Gasteiger partial charge in [-0.3, -0.25) is 0 Å². The molecular weight excluding hydrogens is 454 g/mol. The van der Waals surface area contributed by atoms with Gasteiger partial charge >= 0.3 is 0 Å². The van der Waals surface area contributed by atoms with Crippen molar-refractivity contribution >= 4 is 50.1 Å². The largest absolute Gasteiger partial charge is 0.493 e. The van der Waals surface area contributed by atoms with Crippen molar-refractivity contribution in [1.29, 1.82) is 0 Å². The SMILES string of the molecule is OC(c1cc(I)ccc1Br)c1cc(Cl)cc2c1OCC2. The van der Waals surface area contributed by atoms with Crippen LogP contribution in [-0.4, -0.2) is 11.7 Å². The number of hydrogen-bond donors (Lipinski definition) is 1. The molecule has 1 heterocycles. The van der Waals surface area contributed by atoms with E-state index < -0.39 is 6.10 Å². The zero-order valence-corrected chi connectivity index (χ0v) is 14.9. The number of aliphatic hydroxyl groups is 1. The van der Waals surface area contributed by atoms with E-state index in [1.54, 1.807) is 6.07 Å². The highest BCUT2D eigenvalue weighted by Gasteiger charge is 2.24. The second-order valence-electron chi connectivity index (χ2n) is 4.65. The molecule has 0 spiro atoms. The highest BCUT2D eigenvalue weighted by molar-refractivity contribution is 14.1. The molecule has 0 radical (unpaired) electrons. The number of ether oxygens (including phenoxy) is 1.